The number of carbonyl (C=O) groups is 1. The van der Waals surface area contributed by atoms with Crippen LogP contribution < -0.4 is 10.0 Å². The number of carbonyl (C=O) groups excluding carboxylic acids is 1. The number of aryl methyl sites for hydroxylation is 1. The van der Waals surface area contributed by atoms with Crippen molar-refractivity contribution in [3.8, 4) is 0 Å². The van der Waals surface area contributed by atoms with Crippen LogP contribution in [0.5, 0.6) is 0 Å². The highest BCUT2D eigenvalue weighted by Crippen LogP contribution is 2.32. The zero-order chi connectivity index (χ0) is 22.0. The first kappa shape index (κ1) is 22.2. The van der Waals surface area contributed by atoms with Crippen molar-refractivity contribution in [2.45, 2.75) is 43.0 Å². The zero-order valence-corrected chi connectivity index (χ0v) is 18.6. The van der Waals surface area contributed by atoms with E-state index in [-0.39, 0.29) is 22.4 Å². The van der Waals surface area contributed by atoms with Gasteiger partial charge in [0.25, 0.3) is 0 Å². The van der Waals surface area contributed by atoms with E-state index >= 15 is 0 Å². The third-order valence-corrected chi connectivity index (χ3v) is 7.64. The maximum Gasteiger partial charge on any atom is 0.240 e. The van der Waals surface area contributed by atoms with Crippen LogP contribution in [0.3, 0.4) is 0 Å². The molecule has 1 amide bonds. The smallest absolute Gasteiger partial charge is 0.240 e. The molecule has 0 aliphatic carbocycles. The number of halogens is 2. The van der Waals surface area contributed by atoms with Gasteiger partial charge in [-0.1, -0.05) is 17.7 Å². The molecule has 2 heterocycles. The summed E-state index contributed by atoms with van der Waals surface area (Å²) in [5, 5.41) is 3.09. The van der Waals surface area contributed by atoms with Crippen LogP contribution in [0.2, 0.25) is 5.02 Å². The molecule has 166 valence electrons. The van der Waals surface area contributed by atoms with Crippen LogP contribution >= 0.6 is 11.6 Å². The van der Waals surface area contributed by atoms with Crippen molar-refractivity contribution in [1.29, 1.82) is 0 Å². The van der Waals surface area contributed by atoms with Crippen molar-refractivity contribution in [1.82, 2.24) is 9.62 Å². The average molecular weight is 466 g/mol. The van der Waals surface area contributed by atoms with Crippen LogP contribution in [0.4, 0.5) is 10.1 Å². The first-order valence-corrected chi connectivity index (χ1v) is 12.3. The van der Waals surface area contributed by atoms with Crippen molar-refractivity contribution in [3.63, 3.8) is 0 Å². The number of sulfonamides is 1. The minimum absolute atomic E-state index is 0.0107. The van der Waals surface area contributed by atoms with Crippen LogP contribution in [0.1, 0.15) is 42.9 Å². The van der Waals surface area contributed by atoms with E-state index in [0.717, 1.165) is 31.5 Å². The van der Waals surface area contributed by atoms with E-state index in [1.165, 1.54) is 12.1 Å². The number of hydrogen-bond donors (Lipinski definition) is 2. The van der Waals surface area contributed by atoms with Gasteiger partial charge < -0.3 is 5.32 Å². The lowest BCUT2D eigenvalue weighted by atomic mass is 10.0. The van der Waals surface area contributed by atoms with Gasteiger partial charge >= 0.3 is 0 Å². The minimum Gasteiger partial charge on any atom is -0.326 e. The van der Waals surface area contributed by atoms with E-state index in [9.17, 15) is 17.6 Å². The van der Waals surface area contributed by atoms with Crippen LogP contribution in [-0.4, -0.2) is 38.9 Å². The molecule has 9 heteroatoms. The van der Waals surface area contributed by atoms with Gasteiger partial charge in [-0.05, 0) is 74.7 Å². The number of anilines is 1. The summed E-state index contributed by atoms with van der Waals surface area (Å²) in [6.07, 6.45) is 3.66. The molecule has 0 saturated carbocycles. The second-order valence-corrected chi connectivity index (χ2v) is 10.1. The van der Waals surface area contributed by atoms with Crippen LogP contribution in [0.15, 0.2) is 41.3 Å². The van der Waals surface area contributed by atoms with E-state index in [0.29, 0.717) is 30.5 Å². The van der Waals surface area contributed by atoms with Gasteiger partial charge in [0.05, 0.1) is 10.9 Å². The number of amides is 1. The highest BCUT2D eigenvalue weighted by Gasteiger charge is 2.29. The Morgan fingerprint density at radius 1 is 1.13 bits per heavy atom. The maximum atomic E-state index is 14.6. The Kier molecular flexibility index (Phi) is 6.62. The quantitative estimate of drug-likeness (QED) is 0.678. The molecule has 1 fully saturated rings. The predicted molar refractivity (Wildman–Crippen MR) is 118 cm³/mol. The summed E-state index contributed by atoms with van der Waals surface area (Å²) in [6.45, 7) is 1.53. The number of benzene rings is 2. The van der Waals surface area contributed by atoms with Gasteiger partial charge in [0.15, 0.2) is 0 Å². The molecule has 1 atom stereocenters. The SMILES string of the molecule is O=C1CCCc2cc(S(=O)(=O)NCC(c3c(F)cccc3Cl)N3CCCC3)ccc2N1. The number of rotatable bonds is 6. The molecular weight excluding hydrogens is 441 g/mol. The van der Waals surface area contributed by atoms with Gasteiger partial charge in [-0.15, -0.1) is 0 Å². The zero-order valence-electron chi connectivity index (χ0n) is 17.0. The first-order valence-electron chi connectivity index (χ1n) is 10.5. The van der Waals surface area contributed by atoms with Crippen molar-refractivity contribution < 1.29 is 17.6 Å². The van der Waals surface area contributed by atoms with Gasteiger partial charge in [0.2, 0.25) is 15.9 Å². The van der Waals surface area contributed by atoms with E-state index < -0.39 is 21.9 Å². The van der Waals surface area contributed by atoms with Gasteiger partial charge in [0.1, 0.15) is 5.82 Å². The van der Waals surface area contributed by atoms with E-state index in [2.05, 4.69) is 14.9 Å². The Morgan fingerprint density at radius 2 is 1.90 bits per heavy atom. The minimum atomic E-state index is -3.83. The largest absolute Gasteiger partial charge is 0.326 e. The van der Waals surface area contributed by atoms with Crippen molar-refractivity contribution in [2.75, 3.05) is 25.0 Å². The van der Waals surface area contributed by atoms with Crippen molar-refractivity contribution in [3.05, 3.63) is 58.4 Å². The van der Waals surface area contributed by atoms with E-state index in [1.54, 1.807) is 24.3 Å². The molecule has 0 bridgehead atoms. The molecule has 4 rings (SSSR count). The highest BCUT2D eigenvalue weighted by molar-refractivity contribution is 7.89. The second-order valence-electron chi connectivity index (χ2n) is 7.97. The summed E-state index contributed by atoms with van der Waals surface area (Å²) in [5.74, 6) is -0.507. The summed E-state index contributed by atoms with van der Waals surface area (Å²) < 4.78 is 43.4. The molecule has 6 nitrogen and oxygen atoms in total. The molecule has 2 aliphatic heterocycles. The molecule has 2 aromatic rings. The molecular formula is C22H25ClFN3O3S. The summed E-state index contributed by atoms with van der Waals surface area (Å²) >= 11 is 6.30. The molecule has 2 aliphatic rings. The number of nitrogens with zero attached hydrogens (tertiary/aromatic N) is 1. The third kappa shape index (κ3) is 4.92. The van der Waals surface area contributed by atoms with Crippen LogP contribution in [0, 0.1) is 5.82 Å². The fourth-order valence-corrected chi connectivity index (χ4v) is 5.66. The van der Waals surface area contributed by atoms with Crippen LogP contribution in [0.25, 0.3) is 0 Å². The summed E-state index contributed by atoms with van der Waals surface area (Å²) in [7, 11) is -3.83. The first-order chi connectivity index (χ1) is 14.8. The van der Waals surface area contributed by atoms with Crippen LogP contribution in [-0.2, 0) is 21.2 Å². The monoisotopic (exact) mass is 465 g/mol. The molecule has 2 aromatic carbocycles. The summed E-state index contributed by atoms with van der Waals surface area (Å²) in [4.78, 5) is 13.9. The number of hydrogen-bond acceptors (Lipinski definition) is 4. The maximum absolute atomic E-state index is 14.6. The lowest BCUT2D eigenvalue weighted by Gasteiger charge is -2.29. The molecule has 0 radical (unpaired) electrons. The van der Waals surface area contributed by atoms with Gasteiger partial charge in [0, 0.05) is 29.2 Å². The average Bonchev–Trinajstić information content (AvgIpc) is 3.18. The predicted octanol–water partition coefficient (Wildman–Crippen LogP) is 3.87. The van der Waals surface area contributed by atoms with Gasteiger partial charge in [-0.3, -0.25) is 9.69 Å². The molecule has 0 spiro atoms. The van der Waals surface area contributed by atoms with Crippen molar-refractivity contribution >= 4 is 33.2 Å². The molecule has 0 aromatic heterocycles. The lowest BCUT2D eigenvalue weighted by Crippen LogP contribution is -2.37. The summed E-state index contributed by atoms with van der Waals surface area (Å²) in [5.41, 5.74) is 1.76. The Hall–Kier alpha value is -2.00. The standard InChI is InChI=1S/C22H25ClFN3O3S/c23-17-6-4-7-18(24)22(17)20(27-11-1-2-12-27)14-25-31(29,30)16-9-10-19-15(13-16)5-3-8-21(28)26-19/h4,6-7,9-10,13,20,25H,1-3,5,8,11-12,14H2,(H,26,28). The molecule has 1 unspecified atom stereocenters. The second kappa shape index (κ2) is 9.24. The van der Waals surface area contributed by atoms with Gasteiger partial charge in [-0.25, -0.2) is 17.5 Å². The number of nitrogens with one attached hydrogen (secondary N) is 2. The Labute approximate surface area is 186 Å². The fourth-order valence-electron chi connectivity index (χ4n) is 4.29. The summed E-state index contributed by atoms with van der Waals surface area (Å²) in [6, 6.07) is 8.72. The lowest BCUT2D eigenvalue weighted by molar-refractivity contribution is -0.116. The molecule has 1 saturated heterocycles. The van der Waals surface area contributed by atoms with E-state index in [1.807, 2.05) is 0 Å². The van der Waals surface area contributed by atoms with E-state index in [4.69, 9.17) is 11.6 Å². The topological polar surface area (TPSA) is 78.5 Å². The Morgan fingerprint density at radius 3 is 2.65 bits per heavy atom. The third-order valence-electron chi connectivity index (χ3n) is 5.89. The fraction of sp³-hybridized carbons (Fsp3) is 0.409. The Bertz CT molecular complexity index is 1070. The van der Waals surface area contributed by atoms with Gasteiger partial charge in [-0.2, -0.15) is 0 Å². The Balaban J connectivity index is 1.58. The molecule has 2 N–H and O–H groups in total. The number of likely N-dealkylation sites (tertiary alicyclic amines) is 1. The molecule has 31 heavy (non-hydrogen) atoms. The number of fused-ring (bicyclic) bond motifs is 1. The normalized spacial score (nSPS) is 18.3. The van der Waals surface area contributed by atoms with Crippen molar-refractivity contribution in [2.24, 2.45) is 0 Å². The highest BCUT2D eigenvalue weighted by atomic mass is 35.5.